The van der Waals surface area contributed by atoms with Crippen LogP contribution >= 0.6 is 0 Å². The number of rotatable bonds is 4. The number of nitrogens with one attached hydrogen (secondary N) is 3. The Morgan fingerprint density at radius 2 is 1.85 bits per heavy atom. The number of carbonyl (C=O) groups excluding carboxylic acids is 3. The van der Waals surface area contributed by atoms with Crippen LogP contribution in [0.4, 0.5) is 23.7 Å². The smallest absolute Gasteiger partial charge is 0.329 e. The van der Waals surface area contributed by atoms with E-state index in [2.05, 4.69) is 15.6 Å². The van der Waals surface area contributed by atoms with E-state index in [9.17, 15) is 27.6 Å². The first-order valence-corrected chi connectivity index (χ1v) is 10.5. The minimum atomic E-state index is -1.70. The summed E-state index contributed by atoms with van der Waals surface area (Å²) in [6.45, 7) is 0. The number of imide groups is 1. The van der Waals surface area contributed by atoms with Crippen LogP contribution in [0.1, 0.15) is 36.6 Å². The standard InChI is InChI=1S/C23H19F3N4O3/c24-14-8-11(9-15(25)20(14)26)30-22(32)18(29-23(30)33)10-19(31)27-17-7-3-5-13-12-4-1-2-6-16(12)28-21(13)17/h1-2,4,6,8-9,17-18,28H,3,5,7,10H2,(H,27,31)(H,29,33)/t17?,18-/m0/s1. The first-order chi connectivity index (χ1) is 15.8. The minimum Gasteiger partial charge on any atom is -0.356 e. The van der Waals surface area contributed by atoms with Gasteiger partial charge in [-0.1, -0.05) is 18.2 Å². The topological polar surface area (TPSA) is 94.3 Å². The highest BCUT2D eigenvalue weighted by molar-refractivity contribution is 6.22. The zero-order valence-electron chi connectivity index (χ0n) is 17.3. The molecule has 1 aliphatic heterocycles. The van der Waals surface area contributed by atoms with Crippen molar-refractivity contribution in [1.29, 1.82) is 0 Å². The van der Waals surface area contributed by atoms with Gasteiger partial charge < -0.3 is 15.6 Å². The lowest BCUT2D eigenvalue weighted by atomic mass is 9.91. The lowest BCUT2D eigenvalue weighted by molar-refractivity contribution is -0.126. The molecular weight excluding hydrogens is 437 g/mol. The number of nitrogens with zero attached hydrogens (tertiary/aromatic N) is 1. The highest BCUT2D eigenvalue weighted by atomic mass is 19.2. The number of hydrogen-bond acceptors (Lipinski definition) is 3. The normalized spacial score (nSPS) is 20.2. The molecule has 0 bridgehead atoms. The van der Waals surface area contributed by atoms with Gasteiger partial charge in [0.2, 0.25) is 5.91 Å². The molecule has 10 heteroatoms. The molecule has 3 N–H and O–H groups in total. The van der Waals surface area contributed by atoms with Crippen molar-refractivity contribution in [1.82, 2.24) is 15.6 Å². The Labute approximate surface area is 185 Å². The molecule has 0 radical (unpaired) electrons. The van der Waals surface area contributed by atoms with Gasteiger partial charge in [0.15, 0.2) is 17.5 Å². The highest BCUT2D eigenvalue weighted by Gasteiger charge is 2.41. The summed E-state index contributed by atoms with van der Waals surface area (Å²) >= 11 is 0. The average Bonchev–Trinajstić information content (AvgIpc) is 3.29. The third-order valence-corrected chi connectivity index (χ3v) is 6.09. The molecule has 1 unspecified atom stereocenters. The average molecular weight is 456 g/mol. The molecule has 170 valence electrons. The number of benzene rings is 2. The van der Waals surface area contributed by atoms with E-state index in [-0.39, 0.29) is 12.5 Å². The van der Waals surface area contributed by atoms with Crippen molar-refractivity contribution >= 4 is 34.4 Å². The predicted molar refractivity (Wildman–Crippen MR) is 113 cm³/mol. The van der Waals surface area contributed by atoms with Gasteiger partial charge in [0.05, 0.1) is 18.2 Å². The number of halogens is 3. The number of aryl methyl sites for hydroxylation is 1. The van der Waals surface area contributed by atoms with Gasteiger partial charge in [0.25, 0.3) is 5.91 Å². The summed E-state index contributed by atoms with van der Waals surface area (Å²) in [5.74, 6) is -6.07. The van der Waals surface area contributed by atoms with Crippen molar-refractivity contribution in [2.75, 3.05) is 4.90 Å². The number of amides is 4. The van der Waals surface area contributed by atoms with Crippen molar-refractivity contribution in [3.63, 3.8) is 0 Å². The molecule has 1 saturated heterocycles. The van der Waals surface area contributed by atoms with Crippen LogP contribution in [0.25, 0.3) is 10.9 Å². The predicted octanol–water partition coefficient (Wildman–Crippen LogP) is 3.59. The maximum atomic E-state index is 13.6. The molecule has 2 atom stereocenters. The molecule has 3 aromatic rings. The molecule has 1 aliphatic carbocycles. The van der Waals surface area contributed by atoms with Crippen LogP contribution in [0.2, 0.25) is 0 Å². The molecule has 33 heavy (non-hydrogen) atoms. The van der Waals surface area contributed by atoms with Gasteiger partial charge in [-0.25, -0.2) is 22.9 Å². The number of aromatic amines is 1. The van der Waals surface area contributed by atoms with Gasteiger partial charge in [-0.2, -0.15) is 0 Å². The summed E-state index contributed by atoms with van der Waals surface area (Å²) in [5, 5.41) is 6.37. The Morgan fingerprint density at radius 3 is 2.61 bits per heavy atom. The zero-order chi connectivity index (χ0) is 23.3. The Balaban J connectivity index is 1.30. The molecule has 2 aliphatic rings. The first-order valence-electron chi connectivity index (χ1n) is 10.5. The highest BCUT2D eigenvalue weighted by Crippen LogP contribution is 2.34. The van der Waals surface area contributed by atoms with Crippen LogP contribution < -0.4 is 15.5 Å². The van der Waals surface area contributed by atoms with Gasteiger partial charge >= 0.3 is 6.03 Å². The van der Waals surface area contributed by atoms with Crippen LogP contribution in [-0.2, 0) is 16.0 Å². The Bertz CT molecular complexity index is 1280. The second kappa shape index (κ2) is 7.95. The summed E-state index contributed by atoms with van der Waals surface area (Å²) in [4.78, 5) is 41.5. The van der Waals surface area contributed by atoms with Crippen LogP contribution in [0.5, 0.6) is 0 Å². The Kier molecular flexibility index (Phi) is 5.07. The van der Waals surface area contributed by atoms with Crippen molar-refractivity contribution in [2.24, 2.45) is 0 Å². The Hall–Kier alpha value is -3.82. The van der Waals surface area contributed by atoms with E-state index < -0.39 is 47.0 Å². The fourth-order valence-corrected chi connectivity index (χ4v) is 4.58. The molecule has 5 rings (SSSR count). The van der Waals surface area contributed by atoms with E-state index in [0.29, 0.717) is 17.0 Å². The second-order valence-electron chi connectivity index (χ2n) is 8.18. The molecule has 0 spiro atoms. The van der Waals surface area contributed by atoms with Crippen molar-refractivity contribution in [2.45, 2.75) is 37.8 Å². The number of hydrogen-bond donors (Lipinski definition) is 3. The summed E-state index contributed by atoms with van der Waals surface area (Å²) in [6, 6.07) is 6.56. The van der Waals surface area contributed by atoms with E-state index in [1.165, 1.54) is 0 Å². The SMILES string of the molecule is O=C(C[C@@H]1NC(=O)N(c2cc(F)c(F)c(F)c2)C1=O)NC1CCCc2c1[nH]c1ccccc21. The van der Waals surface area contributed by atoms with Crippen LogP contribution in [0.15, 0.2) is 36.4 Å². The molecule has 0 saturated carbocycles. The number of urea groups is 1. The molecular formula is C23H19F3N4O3. The molecule has 2 heterocycles. The largest absolute Gasteiger partial charge is 0.356 e. The number of fused-ring (bicyclic) bond motifs is 3. The lowest BCUT2D eigenvalue weighted by Gasteiger charge is -2.24. The zero-order valence-corrected chi connectivity index (χ0v) is 17.3. The van der Waals surface area contributed by atoms with Crippen molar-refractivity contribution in [3.05, 3.63) is 65.1 Å². The van der Waals surface area contributed by atoms with E-state index in [0.717, 1.165) is 41.4 Å². The van der Waals surface area contributed by atoms with Crippen molar-refractivity contribution in [3.8, 4) is 0 Å². The third kappa shape index (κ3) is 3.61. The molecule has 1 aromatic heterocycles. The van der Waals surface area contributed by atoms with E-state index in [1.807, 2.05) is 24.3 Å². The lowest BCUT2D eigenvalue weighted by Crippen LogP contribution is -2.38. The number of para-hydroxylation sites is 1. The van der Waals surface area contributed by atoms with Gasteiger partial charge in [-0.05, 0) is 30.9 Å². The van der Waals surface area contributed by atoms with Crippen LogP contribution in [0, 0.1) is 17.5 Å². The Morgan fingerprint density at radius 1 is 1.12 bits per heavy atom. The van der Waals surface area contributed by atoms with Gasteiger partial charge in [-0.3, -0.25) is 9.59 Å². The molecule has 4 amide bonds. The monoisotopic (exact) mass is 456 g/mol. The number of aromatic nitrogens is 1. The van der Waals surface area contributed by atoms with Gasteiger partial charge in [0, 0.05) is 28.7 Å². The maximum Gasteiger partial charge on any atom is 0.329 e. The number of anilines is 1. The quantitative estimate of drug-likeness (QED) is 0.414. The fourth-order valence-electron chi connectivity index (χ4n) is 4.58. The molecule has 1 fully saturated rings. The van der Waals surface area contributed by atoms with E-state index >= 15 is 0 Å². The maximum absolute atomic E-state index is 13.6. The molecule has 2 aromatic carbocycles. The number of carbonyl (C=O) groups is 3. The van der Waals surface area contributed by atoms with E-state index in [1.54, 1.807) is 0 Å². The van der Waals surface area contributed by atoms with Crippen LogP contribution in [0.3, 0.4) is 0 Å². The second-order valence-corrected chi connectivity index (χ2v) is 8.18. The van der Waals surface area contributed by atoms with E-state index in [4.69, 9.17) is 0 Å². The van der Waals surface area contributed by atoms with Crippen molar-refractivity contribution < 1.29 is 27.6 Å². The first kappa shape index (κ1) is 21.0. The summed E-state index contributed by atoms with van der Waals surface area (Å²) in [7, 11) is 0. The van der Waals surface area contributed by atoms with Gasteiger partial charge in [-0.15, -0.1) is 0 Å². The summed E-state index contributed by atoms with van der Waals surface area (Å²) in [5.41, 5.74) is 2.61. The number of H-pyrrole nitrogens is 1. The minimum absolute atomic E-state index is 0.266. The third-order valence-electron chi connectivity index (χ3n) is 6.09. The van der Waals surface area contributed by atoms with Crippen LogP contribution in [-0.4, -0.2) is 28.9 Å². The summed E-state index contributed by atoms with van der Waals surface area (Å²) in [6.07, 6.45) is 2.15. The molecule has 7 nitrogen and oxygen atoms in total. The van der Waals surface area contributed by atoms with Gasteiger partial charge in [0.1, 0.15) is 6.04 Å². The fraction of sp³-hybridized carbons (Fsp3) is 0.261. The summed E-state index contributed by atoms with van der Waals surface area (Å²) < 4.78 is 40.4.